The fourth-order valence-corrected chi connectivity index (χ4v) is 2.01. The van der Waals surface area contributed by atoms with Crippen molar-refractivity contribution in [3.8, 4) is 0 Å². The van der Waals surface area contributed by atoms with E-state index in [-0.39, 0.29) is 23.0 Å². The first-order valence-corrected chi connectivity index (χ1v) is 5.48. The molecule has 0 bridgehead atoms. The smallest absolute Gasteiger partial charge is 0.310 e. The number of aliphatic carboxylic acids is 1. The van der Waals surface area contributed by atoms with Crippen LogP contribution in [0, 0.1) is 17.3 Å². The Morgan fingerprint density at radius 3 is 2.50 bits per heavy atom. The van der Waals surface area contributed by atoms with E-state index in [2.05, 4.69) is 0 Å². The number of carboxylic acid groups (broad SMARTS) is 1. The first-order valence-electron chi connectivity index (χ1n) is 5.48. The standard InChI is InChI=1S/C13H18O3/c1-9(2)13(3)7-5-4-6-10(13)11(14)8-12(15)16/h4-7,9-10H,8H2,1-3H3,(H,15,16). The van der Waals surface area contributed by atoms with Crippen LogP contribution in [0.4, 0.5) is 0 Å². The summed E-state index contributed by atoms with van der Waals surface area (Å²) in [6.45, 7) is 6.09. The van der Waals surface area contributed by atoms with E-state index >= 15 is 0 Å². The molecule has 0 spiro atoms. The molecule has 3 nitrogen and oxygen atoms in total. The van der Waals surface area contributed by atoms with Gasteiger partial charge in [0.15, 0.2) is 5.78 Å². The van der Waals surface area contributed by atoms with Gasteiger partial charge in [-0.1, -0.05) is 45.1 Å². The molecule has 2 atom stereocenters. The summed E-state index contributed by atoms with van der Waals surface area (Å²) in [6.07, 6.45) is 7.15. The van der Waals surface area contributed by atoms with Gasteiger partial charge in [-0.05, 0) is 5.92 Å². The van der Waals surface area contributed by atoms with Gasteiger partial charge in [0, 0.05) is 11.3 Å². The third-order valence-corrected chi connectivity index (χ3v) is 3.46. The van der Waals surface area contributed by atoms with Gasteiger partial charge < -0.3 is 5.11 Å². The maximum Gasteiger partial charge on any atom is 0.310 e. The van der Waals surface area contributed by atoms with Crippen molar-refractivity contribution in [3.05, 3.63) is 24.3 Å². The molecular weight excluding hydrogens is 204 g/mol. The summed E-state index contributed by atoms with van der Waals surface area (Å²) in [6, 6.07) is 0. The lowest BCUT2D eigenvalue weighted by atomic mass is 9.65. The molecular formula is C13H18O3. The van der Waals surface area contributed by atoms with Crippen molar-refractivity contribution < 1.29 is 14.7 Å². The normalized spacial score (nSPS) is 28.4. The predicted molar refractivity (Wildman–Crippen MR) is 62.0 cm³/mol. The minimum atomic E-state index is -1.06. The Morgan fingerprint density at radius 1 is 1.38 bits per heavy atom. The highest BCUT2D eigenvalue weighted by Crippen LogP contribution is 2.40. The summed E-state index contributed by atoms with van der Waals surface area (Å²) >= 11 is 0. The van der Waals surface area contributed by atoms with Crippen molar-refractivity contribution in [3.63, 3.8) is 0 Å². The lowest BCUT2D eigenvalue weighted by Gasteiger charge is -2.37. The Morgan fingerprint density at radius 2 is 2.00 bits per heavy atom. The minimum Gasteiger partial charge on any atom is -0.481 e. The predicted octanol–water partition coefficient (Wildman–Crippen LogP) is 2.43. The molecule has 0 aromatic heterocycles. The minimum absolute atomic E-state index is 0.218. The summed E-state index contributed by atoms with van der Waals surface area (Å²) < 4.78 is 0. The molecule has 1 aliphatic carbocycles. The van der Waals surface area contributed by atoms with Gasteiger partial charge in [0.25, 0.3) is 0 Å². The summed E-state index contributed by atoms with van der Waals surface area (Å²) in [5, 5.41) is 8.66. The molecule has 16 heavy (non-hydrogen) atoms. The number of carboxylic acids is 1. The van der Waals surface area contributed by atoms with Crippen molar-refractivity contribution in [1.29, 1.82) is 0 Å². The van der Waals surface area contributed by atoms with Crippen LogP contribution in [0.2, 0.25) is 0 Å². The molecule has 0 aromatic rings. The SMILES string of the molecule is CC(C)C1(C)C=CC=CC1C(=O)CC(=O)O. The van der Waals surface area contributed by atoms with Crippen molar-refractivity contribution in [2.75, 3.05) is 0 Å². The second-order valence-corrected chi connectivity index (χ2v) is 4.78. The lowest BCUT2D eigenvalue weighted by molar-refractivity contribution is -0.141. The molecule has 0 aliphatic heterocycles. The van der Waals surface area contributed by atoms with E-state index in [0.717, 1.165) is 0 Å². The van der Waals surface area contributed by atoms with Crippen molar-refractivity contribution in [1.82, 2.24) is 0 Å². The fraction of sp³-hybridized carbons (Fsp3) is 0.538. The van der Waals surface area contributed by atoms with Crippen LogP contribution in [0.25, 0.3) is 0 Å². The first-order chi connectivity index (χ1) is 7.38. The first kappa shape index (κ1) is 12.7. The van der Waals surface area contributed by atoms with E-state index < -0.39 is 12.4 Å². The molecule has 0 amide bonds. The van der Waals surface area contributed by atoms with Crippen LogP contribution in [0.5, 0.6) is 0 Å². The molecule has 0 fully saturated rings. The van der Waals surface area contributed by atoms with Gasteiger partial charge >= 0.3 is 5.97 Å². The molecule has 0 aromatic carbocycles. The van der Waals surface area contributed by atoms with Crippen LogP contribution < -0.4 is 0 Å². The number of carbonyl (C=O) groups excluding carboxylic acids is 1. The maximum atomic E-state index is 11.9. The Bertz CT molecular complexity index is 352. The zero-order valence-electron chi connectivity index (χ0n) is 9.93. The molecule has 1 rings (SSSR count). The number of rotatable bonds is 4. The van der Waals surface area contributed by atoms with E-state index in [9.17, 15) is 9.59 Å². The van der Waals surface area contributed by atoms with E-state index in [0.29, 0.717) is 0 Å². The summed E-state index contributed by atoms with van der Waals surface area (Å²) in [7, 11) is 0. The van der Waals surface area contributed by atoms with Gasteiger partial charge in [0.2, 0.25) is 0 Å². The molecule has 3 heteroatoms. The Hall–Kier alpha value is -1.38. The van der Waals surface area contributed by atoms with Crippen molar-refractivity contribution >= 4 is 11.8 Å². The molecule has 0 saturated heterocycles. The number of carbonyl (C=O) groups is 2. The third-order valence-electron chi connectivity index (χ3n) is 3.46. The van der Waals surface area contributed by atoms with Crippen LogP contribution in [0.15, 0.2) is 24.3 Å². The maximum absolute atomic E-state index is 11.9. The highest BCUT2D eigenvalue weighted by Gasteiger charge is 2.39. The average Bonchev–Trinajstić information content (AvgIpc) is 2.16. The number of allylic oxidation sites excluding steroid dienone is 4. The topological polar surface area (TPSA) is 54.4 Å². The van der Waals surface area contributed by atoms with E-state index in [4.69, 9.17) is 5.11 Å². The Balaban J connectivity index is 2.93. The quantitative estimate of drug-likeness (QED) is 0.743. The van der Waals surface area contributed by atoms with Gasteiger partial charge in [-0.2, -0.15) is 0 Å². The van der Waals surface area contributed by atoms with Crippen LogP contribution in [0.3, 0.4) is 0 Å². The number of hydrogen-bond acceptors (Lipinski definition) is 2. The highest BCUT2D eigenvalue weighted by atomic mass is 16.4. The van der Waals surface area contributed by atoms with Crippen LogP contribution in [-0.2, 0) is 9.59 Å². The molecule has 1 N–H and O–H groups in total. The van der Waals surface area contributed by atoms with E-state index in [1.807, 2.05) is 45.1 Å². The van der Waals surface area contributed by atoms with Gasteiger partial charge in [-0.3, -0.25) is 9.59 Å². The van der Waals surface area contributed by atoms with E-state index in [1.165, 1.54) is 0 Å². The Kier molecular flexibility index (Phi) is 3.68. The zero-order valence-corrected chi connectivity index (χ0v) is 9.93. The highest BCUT2D eigenvalue weighted by molar-refractivity contribution is 5.97. The molecule has 0 heterocycles. The lowest BCUT2D eigenvalue weighted by Crippen LogP contribution is -2.36. The number of Topliss-reactive ketones (excluding diaryl/α,β-unsaturated/α-hetero) is 1. The molecule has 88 valence electrons. The monoisotopic (exact) mass is 222 g/mol. The van der Waals surface area contributed by atoms with Crippen molar-refractivity contribution in [2.24, 2.45) is 17.3 Å². The molecule has 0 radical (unpaired) electrons. The largest absolute Gasteiger partial charge is 0.481 e. The second kappa shape index (κ2) is 4.64. The van der Waals surface area contributed by atoms with Gasteiger partial charge in [0.05, 0.1) is 0 Å². The fourth-order valence-electron chi connectivity index (χ4n) is 2.01. The zero-order chi connectivity index (χ0) is 12.3. The molecule has 0 saturated carbocycles. The Labute approximate surface area is 95.9 Å². The van der Waals surface area contributed by atoms with Gasteiger partial charge in [-0.25, -0.2) is 0 Å². The summed E-state index contributed by atoms with van der Waals surface area (Å²) in [4.78, 5) is 22.4. The van der Waals surface area contributed by atoms with Crippen molar-refractivity contribution in [2.45, 2.75) is 27.2 Å². The summed E-state index contributed by atoms with van der Waals surface area (Å²) in [5.41, 5.74) is -0.277. The van der Waals surface area contributed by atoms with Crippen LogP contribution >= 0.6 is 0 Å². The van der Waals surface area contributed by atoms with Crippen LogP contribution in [-0.4, -0.2) is 16.9 Å². The summed E-state index contributed by atoms with van der Waals surface area (Å²) in [5.74, 6) is -1.31. The molecule has 1 aliphatic rings. The van der Waals surface area contributed by atoms with Gasteiger partial charge in [0.1, 0.15) is 6.42 Å². The third kappa shape index (κ3) is 2.40. The second-order valence-electron chi connectivity index (χ2n) is 4.78. The number of ketones is 1. The van der Waals surface area contributed by atoms with E-state index in [1.54, 1.807) is 0 Å². The number of hydrogen-bond donors (Lipinski definition) is 1. The van der Waals surface area contributed by atoms with Gasteiger partial charge in [-0.15, -0.1) is 0 Å². The average molecular weight is 222 g/mol. The van der Waals surface area contributed by atoms with Crippen LogP contribution in [0.1, 0.15) is 27.2 Å². The molecule has 2 unspecified atom stereocenters.